The van der Waals surface area contributed by atoms with Crippen molar-refractivity contribution in [3.63, 3.8) is 0 Å². The molecule has 122 valence electrons. The van der Waals surface area contributed by atoms with E-state index in [1.165, 1.54) is 12.8 Å². The van der Waals surface area contributed by atoms with Crippen molar-refractivity contribution in [3.05, 3.63) is 59.7 Å². The van der Waals surface area contributed by atoms with E-state index in [9.17, 15) is 4.79 Å². The van der Waals surface area contributed by atoms with Crippen LogP contribution in [0.3, 0.4) is 0 Å². The molecule has 0 aliphatic heterocycles. The lowest BCUT2D eigenvalue weighted by Gasteiger charge is -2.11. The first-order valence-electron chi connectivity index (χ1n) is 8.30. The second kappa shape index (κ2) is 8.99. The van der Waals surface area contributed by atoms with E-state index in [0.29, 0.717) is 11.5 Å². The molecule has 0 bridgehead atoms. The number of hydrogen-bond donors (Lipinski definition) is 0. The highest BCUT2D eigenvalue weighted by molar-refractivity contribution is 5.68. The van der Waals surface area contributed by atoms with Crippen molar-refractivity contribution in [1.29, 1.82) is 0 Å². The summed E-state index contributed by atoms with van der Waals surface area (Å²) in [5.41, 5.74) is 2.03. The van der Waals surface area contributed by atoms with Gasteiger partial charge in [0.25, 0.3) is 0 Å². The third-order valence-electron chi connectivity index (χ3n) is 3.76. The van der Waals surface area contributed by atoms with Crippen molar-refractivity contribution < 1.29 is 14.3 Å². The van der Waals surface area contributed by atoms with Crippen LogP contribution in [0.25, 0.3) is 0 Å². The van der Waals surface area contributed by atoms with E-state index >= 15 is 0 Å². The Morgan fingerprint density at radius 3 is 2.00 bits per heavy atom. The number of para-hydroxylation sites is 2. The molecule has 0 fully saturated rings. The van der Waals surface area contributed by atoms with Gasteiger partial charge in [-0.3, -0.25) is 0 Å². The molecule has 0 unspecified atom stereocenters. The Labute approximate surface area is 138 Å². The molecule has 0 radical (unpaired) electrons. The number of carbonyl (C=O) groups is 1. The maximum absolute atomic E-state index is 12.1. The van der Waals surface area contributed by atoms with Crippen LogP contribution in [0, 0.1) is 0 Å². The number of benzene rings is 2. The van der Waals surface area contributed by atoms with Crippen molar-refractivity contribution in [1.82, 2.24) is 0 Å². The summed E-state index contributed by atoms with van der Waals surface area (Å²) in [5, 5.41) is 0. The molecule has 0 N–H and O–H groups in total. The second-order valence-corrected chi connectivity index (χ2v) is 5.48. The van der Waals surface area contributed by atoms with E-state index < -0.39 is 6.16 Å². The van der Waals surface area contributed by atoms with Crippen LogP contribution in [0.4, 0.5) is 4.79 Å². The third kappa shape index (κ3) is 5.13. The van der Waals surface area contributed by atoms with Crippen LogP contribution in [0.5, 0.6) is 11.5 Å². The Morgan fingerprint density at radius 1 is 0.826 bits per heavy atom. The highest BCUT2D eigenvalue weighted by Gasteiger charge is 2.12. The van der Waals surface area contributed by atoms with Gasteiger partial charge in [-0.2, -0.15) is 0 Å². The Bertz CT molecular complexity index is 634. The standard InChI is InChI=1S/C20H24O3/c1-3-5-6-12-17-13-8-10-15-19(17)23-20(21)22-18-14-9-7-11-16(18)4-2/h7-11,13-15H,3-6,12H2,1-2H3. The minimum absolute atomic E-state index is 0.559. The number of unbranched alkanes of at least 4 members (excludes halogenated alkanes) is 2. The monoisotopic (exact) mass is 312 g/mol. The molecule has 2 aromatic rings. The molecular weight excluding hydrogens is 288 g/mol. The van der Waals surface area contributed by atoms with Gasteiger partial charge in [-0.05, 0) is 42.5 Å². The van der Waals surface area contributed by atoms with E-state index in [1.54, 1.807) is 6.07 Å². The smallest absolute Gasteiger partial charge is 0.394 e. The maximum atomic E-state index is 12.1. The van der Waals surface area contributed by atoms with Crippen LogP contribution in [0.15, 0.2) is 48.5 Å². The molecule has 0 aliphatic carbocycles. The zero-order chi connectivity index (χ0) is 16.5. The fourth-order valence-corrected chi connectivity index (χ4v) is 2.47. The van der Waals surface area contributed by atoms with Crippen molar-refractivity contribution in [3.8, 4) is 11.5 Å². The largest absolute Gasteiger partial charge is 0.519 e. The van der Waals surface area contributed by atoms with E-state index in [2.05, 4.69) is 6.92 Å². The van der Waals surface area contributed by atoms with Gasteiger partial charge in [0.1, 0.15) is 11.5 Å². The molecule has 0 saturated carbocycles. The van der Waals surface area contributed by atoms with E-state index in [0.717, 1.165) is 30.4 Å². The van der Waals surface area contributed by atoms with Gasteiger partial charge in [-0.15, -0.1) is 0 Å². The number of aryl methyl sites for hydroxylation is 2. The van der Waals surface area contributed by atoms with Gasteiger partial charge in [-0.25, -0.2) is 4.79 Å². The Kier molecular flexibility index (Phi) is 6.67. The van der Waals surface area contributed by atoms with Crippen LogP contribution in [-0.4, -0.2) is 6.16 Å². The fourth-order valence-electron chi connectivity index (χ4n) is 2.47. The molecule has 3 heteroatoms. The minimum atomic E-state index is -0.686. The summed E-state index contributed by atoms with van der Waals surface area (Å²) in [5.74, 6) is 1.14. The lowest BCUT2D eigenvalue weighted by molar-refractivity contribution is 0.151. The number of rotatable bonds is 7. The third-order valence-corrected chi connectivity index (χ3v) is 3.76. The first kappa shape index (κ1) is 17.1. The molecule has 2 rings (SSSR count). The van der Waals surface area contributed by atoms with Gasteiger partial charge in [0.2, 0.25) is 0 Å². The van der Waals surface area contributed by atoms with E-state index in [1.807, 2.05) is 49.4 Å². The number of hydrogen-bond acceptors (Lipinski definition) is 3. The van der Waals surface area contributed by atoms with Crippen molar-refractivity contribution in [2.75, 3.05) is 0 Å². The Balaban J connectivity index is 2.02. The van der Waals surface area contributed by atoms with Crippen molar-refractivity contribution in [2.24, 2.45) is 0 Å². The molecule has 0 aromatic heterocycles. The van der Waals surface area contributed by atoms with Crippen LogP contribution in [0.2, 0.25) is 0 Å². The van der Waals surface area contributed by atoms with Crippen LogP contribution in [-0.2, 0) is 12.8 Å². The van der Waals surface area contributed by atoms with Gasteiger partial charge in [0.05, 0.1) is 0 Å². The average Bonchev–Trinajstić information content (AvgIpc) is 2.57. The van der Waals surface area contributed by atoms with Gasteiger partial charge in [0.15, 0.2) is 0 Å². The number of carbonyl (C=O) groups excluding carboxylic acids is 1. The fraction of sp³-hybridized carbons (Fsp3) is 0.350. The van der Waals surface area contributed by atoms with Crippen molar-refractivity contribution >= 4 is 6.16 Å². The highest BCUT2D eigenvalue weighted by Crippen LogP contribution is 2.23. The lowest BCUT2D eigenvalue weighted by Crippen LogP contribution is -2.15. The summed E-state index contributed by atoms with van der Waals surface area (Å²) < 4.78 is 10.8. The quantitative estimate of drug-likeness (QED) is 0.381. The molecule has 0 atom stereocenters. The molecule has 0 spiro atoms. The van der Waals surface area contributed by atoms with E-state index in [4.69, 9.17) is 9.47 Å². The zero-order valence-electron chi connectivity index (χ0n) is 13.9. The van der Waals surface area contributed by atoms with Crippen LogP contribution in [0.1, 0.15) is 44.2 Å². The zero-order valence-corrected chi connectivity index (χ0v) is 13.9. The molecule has 2 aromatic carbocycles. The minimum Gasteiger partial charge on any atom is -0.394 e. The maximum Gasteiger partial charge on any atom is 0.519 e. The molecule has 0 aliphatic rings. The molecule has 0 amide bonds. The highest BCUT2D eigenvalue weighted by atomic mass is 16.7. The van der Waals surface area contributed by atoms with Gasteiger partial charge in [-0.1, -0.05) is 63.1 Å². The predicted octanol–water partition coefficient (Wildman–Crippen LogP) is 5.56. The summed E-state index contributed by atoms with van der Waals surface area (Å²) in [4.78, 5) is 12.1. The number of ether oxygens (including phenoxy) is 2. The normalized spacial score (nSPS) is 10.3. The summed E-state index contributed by atoms with van der Waals surface area (Å²) in [6.07, 6.45) is 4.44. The van der Waals surface area contributed by atoms with Gasteiger partial charge in [0, 0.05) is 0 Å². The lowest BCUT2D eigenvalue weighted by atomic mass is 10.1. The SMILES string of the molecule is CCCCCc1ccccc1OC(=O)Oc1ccccc1CC. The molecule has 3 nitrogen and oxygen atoms in total. The Morgan fingerprint density at radius 2 is 1.39 bits per heavy atom. The molecule has 0 saturated heterocycles. The average molecular weight is 312 g/mol. The Hall–Kier alpha value is -2.29. The first-order valence-corrected chi connectivity index (χ1v) is 8.30. The van der Waals surface area contributed by atoms with Crippen LogP contribution >= 0.6 is 0 Å². The molecule has 23 heavy (non-hydrogen) atoms. The van der Waals surface area contributed by atoms with Crippen molar-refractivity contribution in [2.45, 2.75) is 46.0 Å². The summed E-state index contributed by atoms with van der Waals surface area (Å²) in [6, 6.07) is 15.2. The topological polar surface area (TPSA) is 35.5 Å². The predicted molar refractivity (Wildman–Crippen MR) is 92.1 cm³/mol. The second-order valence-electron chi connectivity index (χ2n) is 5.48. The molecule has 0 heterocycles. The van der Waals surface area contributed by atoms with Gasteiger partial charge < -0.3 is 9.47 Å². The van der Waals surface area contributed by atoms with E-state index in [-0.39, 0.29) is 0 Å². The summed E-state index contributed by atoms with van der Waals surface area (Å²) in [6.45, 7) is 4.20. The van der Waals surface area contributed by atoms with Gasteiger partial charge >= 0.3 is 6.16 Å². The molecular formula is C20H24O3. The summed E-state index contributed by atoms with van der Waals surface area (Å²) in [7, 11) is 0. The summed E-state index contributed by atoms with van der Waals surface area (Å²) >= 11 is 0. The van der Waals surface area contributed by atoms with Crippen LogP contribution < -0.4 is 9.47 Å². The first-order chi connectivity index (χ1) is 11.2.